The third-order valence-corrected chi connectivity index (χ3v) is 5.44. The quantitative estimate of drug-likeness (QED) is 0.358. The minimum absolute atomic E-state index is 0.0918. The van der Waals surface area contributed by atoms with E-state index in [1.54, 1.807) is 22.9 Å². The number of hydrogen-bond acceptors (Lipinski definition) is 7. The molecule has 5 rings (SSSR count). The van der Waals surface area contributed by atoms with Crippen LogP contribution in [0.1, 0.15) is 10.4 Å². The molecule has 0 bridgehead atoms. The molecule has 0 saturated heterocycles. The number of carbonyl (C=O) groups is 3. The van der Waals surface area contributed by atoms with Gasteiger partial charge >= 0.3 is 5.97 Å². The molecule has 186 valence electrons. The van der Waals surface area contributed by atoms with Gasteiger partial charge < -0.3 is 24.8 Å². The summed E-state index contributed by atoms with van der Waals surface area (Å²) in [6.07, 6.45) is 0. The summed E-state index contributed by atoms with van der Waals surface area (Å²) in [6.45, 7) is -0.839. The first kappa shape index (κ1) is 23.6. The normalized spacial score (nSPS) is 11.6. The minimum atomic E-state index is -0.759. The van der Waals surface area contributed by atoms with Gasteiger partial charge in [-0.15, -0.1) is 0 Å². The Kier molecular flexibility index (Phi) is 6.80. The molecule has 0 aliphatic carbocycles. The van der Waals surface area contributed by atoms with Crippen LogP contribution in [0.25, 0.3) is 16.9 Å². The predicted molar refractivity (Wildman–Crippen MR) is 133 cm³/mol. The van der Waals surface area contributed by atoms with Crippen LogP contribution in [0.2, 0.25) is 0 Å². The van der Waals surface area contributed by atoms with Crippen LogP contribution < -0.4 is 20.1 Å². The molecular weight excluding hydrogens is 476 g/mol. The lowest BCUT2D eigenvalue weighted by Gasteiger charge is -2.10. The van der Waals surface area contributed by atoms with Crippen molar-refractivity contribution >= 4 is 23.6 Å². The third kappa shape index (κ3) is 5.59. The first-order valence-corrected chi connectivity index (χ1v) is 11.4. The van der Waals surface area contributed by atoms with E-state index in [1.165, 1.54) is 6.07 Å². The molecule has 0 saturated carbocycles. The van der Waals surface area contributed by atoms with E-state index >= 15 is 0 Å². The molecule has 2 amide bonds. The van der Waals surface area contributed by atoms with Crippen LogP contribution in [-0.4, -0.2) is 47.5 Å². The molecule has 0 fully saturated rings. The van der Waals surface area contributed by atoms with Gasteiger partial charge in [-0.3, -0.25) is 14.4 Å². The van der Waals surface area contributed by atoms with Crippen molar-refractivity contribution in [2.75, 3.05) is 25.3 Å². The van der Waals surface area contributed by atoms with Gasteiger partial charge in [-0.05, 0) is 30.3 Å². The van der Waals surface area contributed by atoms with Crippen molar-refractivity contribution in [2.24, 2.45) is 0 Å². The van der Waals surface area contributed by atoms with Crippen molar-refractivity contribution in [2.45, 2.75) is 0 Å². The number of amides is 2. The highest BCUT2D eigenvalue weighted by atomic mass is 16.7. The van der Waals surface area contributed by atoms with E-state index in [-0.39, 0.29) is 6.79 Å². The Morgan fingerprint density at radius 3 is 2.41 bits per heavy atom. The van der Waals surface area contributed by atoms with Gasteiger partial charge in [-0.25, -0.2) is 4.68 Å². The van der Waals surface area contributed by atoms with Crippen molar-refractivity contribution < 1.29 is 28.6 Å². The molecule has 2 heterocycles. The van der Waals surface area contributed by atoms with Gasteiger partial charge in [0.25, 0.3) is 11.8 Å². The predicted octanol–water partition coefficient (Wildman–Crippen LogP) is 3.18. The summed E-state index contributed by atoms with van der Waals surface area (Å²) in [4.78, 5) is 37.0. The third-order valence-electron chi connectivity index (χ3n) is 5.44. The lowest BCUT2D eigenvalue weighted by Crippen LogP contribution is -2.32. The van der Waals surface area contributed by atoms with E-state index in [4.69, 9.17) is 14.2 Å². The highest BCUT2D eigenvalue weighted by molar-refractivity contribution is 5.97. The topological polar surface area (TPSA) is 121 Å². The van der Waals surface area contributed by atoms with Gasteiger partial charge in [0.15, 0.2) is 18.1 Å². The van der Waals surface area contributed by atoms with Gasteiger partial charge in [0, 0.05) is 17.2 Å². The van der Waals surface area contributed by atoms with Crippen LogP contribution in [0.4, 0.5) is 5.82 Å². The Labute approximate surface area is 211 Å². The smallest absolute Gasteiger partial charge is 0.325 e. The first-order chi connectivity index (χ1) is 18.1. The molecule has 0 unspecified atom stereocenters. The summed E-state index contributed by atoms with van der Waals surface area (Å²) in [7, 11) is 0. The Bertz CT molecular complexity index is 1440. The number of para-hydroxylation sites is 1. The van der Waals surface area contributed by atoms with E-state index < -0.39 is 30.9 Å². The molecule has 4 aromatic rings. The number of ether oxygens (including phenoxy) is 3. The van der Waals surface area contributed by atoms with Crippen LogP contribution in [-0.2, 0) is 14.3 Å². The number of nitrogens with zero attached hydrogens (tertiary/aromatic N) is 2. The fraction of sp³-hybridized carbons (Fsp3) is 0.111. The monoisotopic (exact) mass is 498 g/mol. The number of benzene rings is 3. The van der Waals surface area contributed by atoms with Crippen LogP contribution in [0.5, 0.6) is 11.5 Å². The van der Waals surface area contributed by atoms with Gasteiger partial charge in [0.05, 0.1) is 11.4 Å². The number of esters is 1. The molecule has 37 heavy (non-hydrogen) atoms. The fourth-order valence-corrected chi connectivity index (χ4v) is 3.65. The second-order valence-electron chi connectivity index (χ2n) is 7.99. The van der Waals surface area contributed by atoms with Crippen molar-refractivity contribution in [3.63, 3.8) is 0 Å². The molecular formula is C27H22N4O6. The molecule has 1 aliphatic heterocycles. The first-order valence-electron chi connectivity index (χ1n) is 11.4. The summed E-state index contributed by atoms with van der Waals surface area (Å²) in [6, 6.07) is 25.3. The van der Waals surface area contributed by atoms with Crippen LogP contribution in [0.15, 0.2) is 84.9 Å². The molecule has 0 spiro atoms. The maximum atomic E-state index is 12.6. The summed E-state index contributed by atoms with van der Waals surface area (Å²) >= 11 is 0. The Balaban J connectivity index is 1.18. The van der Waals surface area contributed by atoms with Gasteiger partial charge in [0.1, 0.15) is 12.4 Å². The van der Waals surface area contributed by atoms with E-state index in [0.29, 0.717) is 28.6 Å². The van der Waals surface area contributed by atoms with Crippen molar-refractivity contribution in [1.29, 1.82) is 0 Å². The highest BCUT2D eigenvalue weighted by Crippen LogP contribution is 2.32. The van der Waals surface area contributed by atoms with Crippen molar-refractivity contribution in [1.82, 2.24) is 15.1 Å². The molecule has 2 N–H and O–H groups in total. The number of rotatable bonds is 8. The SMILES string of the molecule is O=C(COC(=O)CNC(=O)c1ccc2c(c1)OCO2)Nc1cc(-c2ccccc2)nn1-c1ccccc1. The molecule has 1 aliphatic rings. The number of hydrogen-bond donors (Lipinski definition) is 2. The summed E-state index contributed by atoms with van der Waals surface area (Å²) < 4.78 is 17.1. The molecule has 10 nitrogen and oxygen atoms in total. The average Bonchev–Trinajstić information content (AvgIpc) is 3.58. The number of anilines is 1. The summed E-state index contributed by atoms with van der Waals surface area (Å²) in [5, 5.41) is 9.83. The Morgan fingerprint density at radius 1 is 0.892 bits per heavy atom. The zero-order valence-corrected chi connectivity index (χ0v) is 19.5. The van der Waals surface area contributed by atoms with Crippen molar-refractivity contribution in [3.8, 4) is 28.4 Å². The summed E-state index contributed by atoms with van der Waals surface area (Å²) in [5.74, 6) is -0.372. The van der Waals surface area contributed by atoms with Crippen LogP contribution in [0.3, 0.4) is 0 Å². The largest absolute Gasteiger partial charge is 0.454 e. The minimum Gasteiger partial charge on any atom is -0.454 e. The van der Waals surface area contributed by atoms with Gasteiger partial charge in [-0.1, -0.05) is 48.5 Å². The van der Waals surface area contributed by atoms with Gasteiger partial charge in [0.2, 0.25) is 6.79 Å². The van der Waals surface area contributed by atoms with Gasteiger partial charge in [-0.2, -0.15) is 5.10 Å². The number of nitrogens with one attached hydrogen (secondary N) is 2. The molecule has 3 aromatic carbocycles. The summed E-state index contributed by atoms with van der Waals surface area (Å²) in [5.41, 5.74) is 2.61. The Hall–Kier alpha value is -5.12. The highest BCUT2D eigenvalue weighted by Gasteiger charge is 2.18. The lowest BCUT2D eigenvalue weighted by atomic mass is 10.2. The lowest BCUT2D eigenvalue weighted by molar-refractivity contribution is -0.146. The van der Waals surface area contributed by atoms with Crippen LogP contribution >= 0.6 is 0 Å². The molecule has 0 atom stereocenters. The van der Waals surface area contributed by atoms with Crippen molar-refractivity contribution in [3.05, 3.63) is 90.5 Å². The Morgan fingerprint density at radius 2 is 1.62 bits per heavy atom. The van der Waals surface area contributed by atoms with E-state index in [2.05, 4.69) is 15.7 Å². The van der Waals surface area contributed by atoms with E-state index in [9.17, 15) is 14.4 Å². The number of aromatic nitrogens is 2. The van der Waals surface area contributed by atoms with Crippen LogP contribution in [0, 0.1) is 0 Å². The average molecular weight is 498 g/mol. The zero-order chi connectivity index (χ0) is 25.6. The number of carbonyl (C=O) groups excluding carboxylic acids is 3. The fourth-order valence-electron chi connectivity index (χ4n) is 3.65. The maximum absolute atomic E-state index is 12.6. The second kappa shape index (κ2) is 10.6. The standard InChI is InChI=1S/C27H22N4O6/c32-25(16-35-26(33)15-28-27(34)19-11-12-22-23(13-19)37-17-36-22)29-24-14-21(18-7-3-1-4-8-18)30-31(24)20-9-5-2-6-10-20/h1-14H,15-17H2,(H,28,34)(H,29,32). The maximum Gasteiger partial charge on any atom is 0.325 e. The number of fused-ring (bicyclic) bond motifs is 1. The molecule has 0 radical (unpaired) electrons. The molecule has 1 aromatic heterocycles. The van der Waals surface area contributed by atoms with E-state index in [1.807, 2.05) is 60.7 Å². The molecule has 10 heteroatoms. The zero-order valence-electron chi connectivity index (χ0n) is 19.5. The second-order valence-corrected chi connectivity index (χ2v) is 7.99. The van der Waals surface area contributed by atoms with E-state index in [0.717, 1.165) is 11.3 Å².